The van der Waals surface area contributed by atoms with Gasteiger partial charge in [0.25, 0.3) is 0 Å². The maximum absolute atomic E-state index is 12.2. The Labute approximate surface area is 124 Å². The van der Waals surface area contributed by atoms with Crippen molar-refractivity contribution in [3.63, 3.8) is 0 Å². The highest BCUT2D eigenvalue weighted by Crippen LogP contribution is 2.27. The number of carbonyl (C=O) groups is 1. The van der Waals surface area contributed by atoms with Gasteiger partial charge in [0.05, 0.1) is 18.3 Å². The van der Waals surface area contributed by atoms with Gasteiger partial charge in [-0.25, -0.2) is 9.97 Å². The average Bonchev–Trinajstić information content (AvgIpc) is 2.49. The second kappa shape index (κ2) is 5.58. The minimum Gasteiger partial charge on any atom is -0.492 e. The maximum Gasteiger partial charge on any atom is 0.232 e. The van der Waals surface area contributed by atoms with Crippen LogP contribution in [-0.2, 0) is 11.2 Å². The highest BCUT2D eigenvalue weighted by atomic mass is 79.9. The molecule has 0 saturated heterocycles. The predicted molar refractivity (Wildman–Crippen MR) is 77.5 cm³/mol. The van der Waals surface area contributed by atoms with Crippen molar-refractivity contribution < 1.29 is 9.53 Å². The maximum atomic E-state index is 12.2. The number of anilines is 1. The number of carbonyl (C=O) groups excluding carboxylic acids is 1. The molecule has 1 unspecified atom stereocenters. The fraction of sp³-hybridized carbons (Fsp3) is 0.214. The fourth-order valence-electron chi connectivity index (χ4n) is 2.10. The summed E-state index contributed by atoms with van der Waals surface area (Å²) in [5.41, 5.74) is 1.06. The molecule has 1 atom stereocenters. The van der Waals surface area contributed by atoms with Crippen molar-refractivity contribution in [2.24, 2.45) is 5.92 Å². The van der Waals surface area contributed by atoms with Gasteiger partial charge in [0.15, 0.2) is 5.82 Å². The van der Waals surface area contributed by atoms with Gasteiger partial charge in [-0.15, -0.1) is 0 Å². The number of aromatic nitrogens is 2. The number of ether oxygens (including phenoxy) is 1. The third-order valence-corrected chi connectivity index (χ3v) is 3.53. The third kappa shape index (κ3) is 2.80. The molecule has 0 fully saturated rings. The quantitative estimate of drug-likeness (QED) is 0.916. The Balaban J connectivity index is 1.68. The van der Waals surface area contributed by atoms with Gasteiger partial charge < -0.3 is 10.1 Å². The average molecular weight is 334 g/mol. The zero-order valence-electron chi connectivity index (χ0n) is 10.5. The van der Waals surface area contributed by atoms with Gasteiger partial charge in [-0.3, -0.25) is 4.79 Å². The number of rotatable bonds is 2. The van der Waals surface area contributed by atoms with E-state index in [0.29, 0.717) is 23.4 Å². The lowest BCUT2D eigenvalue weighted by atomic mass is 9.96. The van der Waals surface area contributed by atoms with E-state index >= 15 is 0 Å². The first kappa shape index (κ1) is 13.1. The summed E-state index contributed by atoms with van der Waals surface area (Å²) in [5.74, 6) is 0.989. The lowest BCUT2D eigenvalue weighted by Crippen LogP contribution is -2.32. The normalized spacial score (nSPS) is 16.9. The molecule has 2 heterocycles. The Bertz CT molecular complexity index is 631. The van der Waals surface area contributed by atoms with Gasteiger partial charge in [-0.1, -0.05) is 18.2 Å². The molecular formula is C14H12BrN3O2. The summed E-state index contributed by atoms with van der Waals surface area (Å²) in [4.78, 5) is 20.3. The predicted octanol–water partition coefficient (Wildman–Crippen LogP) is 2.43. The molecule has 0 aliphatic carbocycles. The summed E-state index contributed by atoms with van der Waals surface area (Å²) in [6.07, 6.45) is 3.73. The van der Waals surface area contributed by atoms with Crippen LogP contribution < -0.4 is 10.1 Å². The van der Waals surface area contributed by atoms with Gasteiger partial charge >= 0.3 is 0 Å². The monoisotopic (exact) mass is 333 g/mol. The van der Waals surface area contributed by atoms with E-state index in [1.54, 1.807) is 6.20 Å². The second-order valence-corrected chi connectivity index (χ2v) is 5.35. The highest BCUT2D eigenvalue weighted by molar-refractivity contribution is 9.10. The lowest BCUT2D eigenvalue weighted by molar-refractivity contribution is -0.121. The summed E-state index contributed by atoms with van der Waals surface area (Å²) in [5, 5.41) is 2.76. The van der Waals surface area contributed by atoms with Crippen LogP contribution in [0.1, 0.15) is 5.56 Å². The number of nitrogens with zero attached hydrogens (tertiary/aromatic N) is 2. The van der Waals surface area contributed by atoms with E-state index in [0.717, 1.165) is 11.3 Å². The van der Waals surface area contributed by atoms with Crippen molar-refractivity contribution in [1.82, 2.24) is 9.97 Å². The van der Waals surface area contributed by atoms with Crippen LogP contribution in [0.25, 0.3) is 0 Å². The highest BCUT2D eigenvalue weighted by Gasteiger charge is 2.26. The van der Waals surface area contributed by atoms with Crippen LogP contribution in [-0.4, -0.2) is 22.5 Å². The van der Waals surface area contributed by atoms with E-state index < -0.39 is 0 Å². The van der Waals surface area contributed by atoms with Gasteiger partial charge in [0, 0.05) is 0 Å². The first-order valence-electron chi connectivity index (χ1n) is 6.21. The first-order valence-corrected chi connectivity index (χ1v) is 7.01. The van der Waals surface area contributed by atoms with Crippen LogP contribution in [0, 0.1) is 5.92 Å². The lowest BCUT2D eigenvalue weighted by Gasteiger charge is -2.24. The summed E-state index contributed by atoms with van der Waals surface area (Å²) in [6.45, 7) is 0.382. The van der Waals surface area contributed by atoms with Crippen molar-refractivity contribution in [1.29, 1.82) is 0 Å². The minimum atomic E-state index is -0.213. The first-order chi connectivity index (χ1) is 9.72. The van der Waals surface area contributed by atoms with Gasteiger partial charge in [-0.2, -0.15) is 0 Å². The molecule has 0 spiro atoms. The zero-order chi connectivity index (χ0) is 13.9. The largest absolute Gasteiger partial charge is 0.492 e. The molecule has 2 aromatic rings. The van der Waals surface area contributed by atoms with Crippen LogP contribution >= 0.6 is 15.9 Å². The van der Waals surface area contributed by atoms with Crippen LogP contribution in [0.2, 0.25) is 0 Å². The minimum absolute atomic E-state index is 0.101. The van der Waals surface area contributed by atoms with Gasteiger partial charge in [0.2, 0.25) is 5.91 Å². The standard InChI is InChI=1S/C14H12BrN3O2/c15-12-6-17-13(7-16-12)18-14(19)10-5-9-3-1-2-4-11(9)20-8-10/h1-4,6-7,10H,5,8H2,(H,17,18,19). The Morgan fingerprint density at radius 1 is 1.30 bits per heavy atom. The van der Waals surface area contributed by atoms with Gasteiger partial charge in [-0.05, 0) is 34.0 Å². The molecule has 1 aromatic carbocycles. The van der Waals surface area contributed by atoms with Crippen molar-refractivity contribution in [2.45, 2.75) is 6.42 Å². The fourth-order valence-corrected chi connectivity index (χ4v) is 2.31. The van der Waals surface area contributed by atoms with Crippen LogP contribution in [0.15, 0.2) is 41.3 Å². The second-order valence-electron chi connectivity index (χ2n) is 4.53. The van der Waals surface area contributed by atoms with Gasteiger partial charge in [0.1, 0.15) is 17.0 Å². The Kier molecular flexibility index (Phi) is 3.64. The van der Waals surface area contributed by atoms with Crippen molar-refractivity contribution >= 4 is 27.7 Å². The molecule has 1 aliphatic rings. The molecule has 1 aliphatic heterocycles. The molecule has 0 radical (unpaired) electrons. The van der Waals surface area contributed by atoms with Crippen LogP contribution in [0.4, 0.5) is 5.82 Å². The summed E-state index contributed by atoms with van der Waals surface area (Å²) in [6, 6.07) is 7.77. The molecule has 1 aromatic heterocycles. The molecular weight excluding hydrogens is 322 g/mol. The van der Waals surface area contributed by atoms with Crippen molar-refractivity contribution in [3.8, 4) is 5.75 Å². The molecule has 5 nitrogen and oxygen atoms in total. The molecule has 0 bridgehead atoms. The van der Waals surface area contributed by atoms with E-state index in [9.17, 15) is 4.79 Å². The number of para-hydroxylation sites is 1. The third-order valence-electron chi connectivity index (χ3n) is 3.12. The van der Waals surface area contributed by atoms with E-state index in [1.807, 2.05) is 24.3 Å². The van der Waals surface area contributed by atoms with E-state index in [1.165, 1.54) is 6.20 Å². The van der Waals surface area contributed by atoms with E-state index in [-0.39, 0.29) is 11.8 Å². The zero-order valence-corrected chi connectivity index (χ0v) is 12.1. The number of hydrogen-bond donors (Lipinski definition) is 1. The SMILES string of the molecule is O=C(Nc1cnc(Br)cn1)C1COc2ccccc2C1. The molecule has 102 valence electrons. The smallest absolute Gasteiger partial charge is 0.232 e. The van der Waals surface area contributed by atoms with Crippen LogP contribution in [0.5, 0.6) is 5.75 Å². The molecule has 0 saturated carbocycles. The van der Waals surface area contributed by atoms with E-state index in [2.05, 4.69) is 31.2 Å². The Hall–Kier alpha value is -1.95. The summed E-state index contributed by atoms with van der Waals surface area (Å²) >= 11 is 3.20. The topological polar surface area (TPSA) is 64.1 Å². The summed E-state index contributed by atoms with van der Waals surface area (Å²) in [7, 11) is 0. The van der Waals surface area contributed by atoms with Crippen LogP contribution in [0.3, 0.4) is 0 Å². The molecule has 3 rings (SSSR count). The molecule has 1 amide bonds. The molecule has 1 N–H and O–H groups in total. The summed E-state index contributed by atoms with van der Waals surface area (Å²) < 4.78 is 6.24. The number of amides is 1. The van der Waals surface area contributed by atoms with Crippen molar-refractivity contribution in [3.05, 3.63) is 46.8 Å². The van der Waals surface area contributed by atoms with E-state index in [4.69, 9.17) is 4.74 Å². The number of halogens is 1. The van der Waals surface area contributed by atoms with Crippen molar-refractivity contribution in [2.75, 3.05) is 11.9 Å². The molecule has 6 heteroatoms. The Morgan fingerprint density at radius 3 is 2.95 bits per heavy atom. The number of hydrogen-bond acceptors (Lipinski definition) is 4. The molecule has 20 heavy (non-hydrogen) atoms. The Morgan fingerprint density at radius 2 is 2.15 bits per heavy atom. The number of fused-ring (bicyclic) bond motifs is 1. The number of benzene rings is 1. The number of nitrogens with one attached hydrogen (secondary N) is 1.